The smallest absolute Gasteiger partial charge is 0.111 e. The molecule has 1 aliphatic carbocycles. The third-order valence-electron chi connectivity index (χ3n) is 3.54. The van der Waals surface area contributed by atoms with E-state index in [0.717, 1.165) is 25.1 Å². The zero-order valence-electron chi connectivity index (χ0n) is 10.1. The number of aliphatic hydroxyl groups is 1. The molecule has 2 unspecified atom stereocenters. The summed E-state index contributed by atoms with van der Waals surface area (Å²) in [5.41, 5.74) is 5.71. The summed E-state index contributed by atoms with van der Waals surface area (Å²) in [5, 5.41) is 9.27. The molecule has 0 aliphatic heterocycles. The van der Waals surface area contributed by atoms with E-state index >= 15 is 0 Å². The summed E-state index contributed by atoms with van der Waals surface area (Å²) in [6.45, 7) is 4.38. The van der Waals surface area contributed by atoms with Crippen molar-refractivity contribution in [1.82, 2.24) is 9.55 Å². The molecular weight excluding hydrogens is 202 g/mol. The van der Waals surface area contributed by atoms with Crippen LogP contribution in [0.2, 0.25) is 0 Å². The van der Waals surface area contributed by atoms with E-state index in [0.29, 0.717) is 12.0 Å². The highest BCUT2D eigenvalue weighted by Gasteiger charge is 2.36. The Morgan fingerprint density at radius 3 is 3.00 bits per heavy atom. The zero-order valence-corrected chi connectivity index (χ0v) is 10.1. The predicted octanol–water partition coefficient (Wildman–Crippen LogP) is 1.42. The average Bonchev–Trinajstić information content (AvgIpc) is 2.84. The number of nitrogens with two attached hydrogens (primary N) is 1. The van der Waals surface area contributed by atoms with Gasteiger partial charge in [-0.3, -0.25) is 0 Å². The van der Waals surface area contributed by atoms with Gasteiger partial charge >= 0.3 is 0 Å². The third kappa shape index (κ3) is 1.99. The summed E-state index contributed by atoms with van der Waals surface area (Å²) in [4.78, 5) is 4.39. The SMILES string of the molecule is CC(C)c1nccn1C1CCC(N)(CO)C1. The largest absolute Gasteiger partial charge is 0.394 e. The summed E-state index contributed by atoms with van der Waals surface area (Å²) in [6, 6.07) is 0.400. The molecule has 0 radical (unpaired) electrons. The molecule has 2 atom stereocenters. The van der Waals surface area contributed by atoms with E-state index in [4.69, 9.17) is 5.73 Å². The van der Waals surface area contributed by atoms with Gasteiger partial charge in [0.15, 0.2) is 0 Å². The number of hydrogen-bond acceptors (Lipinski definition) is 3. The standard InChI is InChI=1S/C12H21N3O/c1-9(2)11-14-5-6-15(11)10-3-4-12(13,7-10)8-16/h5-6,9-10,16H,3-4,7-8,13H2,1-2H3. The lowest BCUT2D eigenvalue weighted by atomic mass is 10.0. The van der Waals surface area contributed by atoms with Gasteiger partial charge in [-0.1, -0.05) is 13.8 Å². The number of aliphatic hydroxyl groups excluding tert-OH is 1. The van der Waals surface area contributed by atoms with Gasteiger partial charge in [0.25, 0.3) is 0 Å². The molecule has 16 heavy (non-hydrogen) atoms. The van der Waals surface area contributed by atoms with E-state index in [9.17, 15) is 5.11 Å². The molecule has 2 rings (SSSR count). The molecule has 0 saturated heterocycles. The van der Waals surface area contributed by atoms with Gasteiger partial charge in [-0.2, -0.15) is 0 Å². The van der Waals surface area contributed by atoms with Crippen LogP contribution in [0.15, 0.2) is 12.4 Å². The second kappa shape index (κ2) is 4.18. The van der Waals surface area contributed by atoms with Crippen LogP contribution in [0.5, 0.6) is 0 Å². The van der Waals surface area contributed by atoms with Gasteiger partial charge in [0.1, 0.15) is 5.82 Å². The van der Waals surface area contributed by atoms with E-state index in [1.165, 1.54) is 0 Å². The molecule has 4 heteroatoms. The van der Waals surface area contributed by atoms with Crippen LogP contribution in [-0.2, 0) is 0 Å². The first kappa shape index (κ1) is 11.6. The van der Waals surface area contributed by atoms with Crippen LogP contribution in [0.25, 0.3) is 0 Å². The normalized spacial score (nSPS) is 30.2. The highest BCUT2D eigenvalue weighted by Crippen LogP contribution is 2.37. The van der Waals surface area contributed by atoms with Crippen LogP contribution < -0.4 is 5.73 Å². The Labute approximate surface area is 96.5 Å². The predicted molar refractivity (Wildman–Crippen MR) is 63.2 cm³/mol. The third-order valence-corrected chi connectivity index (χ3v) is 3.54. The Morgan fingerprint density at radius 2 is 2.44 bits per heavy atom. The van der Waals surface area contributed by atoms with Crippen LogP contribution >= 0.6 is 0 Å². The molecule has 1 heterocycles. The van der Waals surface area contributed by atoms with Crippen molar-refractivity contribution in [2.75, 3.05) is 6.61 Å². The number of aromatic nitrogens is 2. The first-order chi connectivity index (χ1) is 7.56. The molecule has 90 valence electrons. The van der Waals surface area contributed by atoms with Crippen LogP contribution in [0.3, 0.4) is 0 Å². The first-order valence-corrected chi connectivity index (χ1v) is 5.98. The second-order valence-electron chi connectivity index (χ2n) is 5.26. The van der Waals surface area contributed by atoms with Gasteiger partial charge in [0, 0.05) is 29.9 Å². The molecule has 0 spiro atoms. The van der Waals surface area contributed by atoms with E-state index in [1.54, 1.807) is 0 Å². The minimum Gasteiger partial charge on any atom is -0.394 e. The highest BCUT2D eigenvalue weighted by atomic mass is 16.3. The summed E-state index contributed by atoms with van der Waals surface area (Å²) >= 11 is 0. The zero-order chi connectivity index (χ0) is 11.8. The van der Waals surface area contributed by atoms with Gasteiger partial charge < -0.3 is 15.4 Å². The molecule has 0 aromatic carbocycles. The number of nitrogens with zero attached hydrogens (tertiary/aromatic N) is 2. The van der Waals surface area contributed by atoms with Crippen molar-refractivity contribution in [2.45, 2.75) is 50.6 Å². The van der Waals surface area contributed by atoms with E-state index in [2.05, 4.69) is 23.4 Å². The molecule has 4 nitrogen and oxygen atoms in total. The molecule has 3 N–H and O–H groups in total. The minimum atomic E-state index is -0.386. The van der Waals surface area contributed by atoms with Crippen LogP contribution in [0, 0.1) is 0 Å². The molecule has 1 aliphatic rings. The lowest BCUT2D eigenvalue weighted by Gasteiger charge is -2.22. The monoisotopic (exact) mass is 223 g/mol. The van der Waals surface area contributed by atoms with Crippen molar-refractivity contribution in [1.29, 1.82) is 0 Å². The van der Waals surface area contributed by atoms with E-state index in [1.807, 2.05) is 12.4 Å². The highest BCUT2D eigenvalue weighted by molar-refractivity contribution is 5.04. The van der Waals surface area contributed by atoms with Crippen molar-refractivity contribution in [3.05, 3.63) is 18.2 Å². The van der Waals surface area contributed by atoms with E-state index in [-0.39, 0.29) is 12.1 Å². The minimum absolute atomic E-state index is 0.0786. The second-order valence-corrected chi connectivity index (χ2v) is 5.26. The Hall–Kier alpha value is -0.870. The quantitative estimate of drug-likeness (QED) is 0.814. The average molecular weight is 223 g/mol. The Bertz CT molecular complexity index is 361. The Morgan fingerprint density at radius 1 is 1.69 bits per heavy atom. The van der Waals surface area contributed by atoms with Gasteiger partial charge in [-0.05, 0) is 19.3 Å². The van der Waals surface area contributed by atoms with Gasteiger partial charge in [0.2, 0.25) is 0 Å². The fraction of sp³-hybridized carbons (Fsp3) is 0.750. The number of imidazole rings is 1. The van der Waals surface area contributed by atoms with Gasteiger partial charge in [-0.25, -0.2) is 4.98 Å². The molecule has 1 fully saturated rings. The fourth-order valence-electron chi connectivity index (χ4n) is 2.59. The van der Waals surface area contributed by atoms with Crippen molar-refractivity contribution in [3.8, 4) is 0 Å². The summed E-state index contributed by atoms with van der Waals surface area (Å²) in [5.74, 6) is 1.55. The summed E-state index contributed by atoms with van der Waals surface area (Å²) in [7, 11) is 0. The molecular formula is C12H21N3O. The van der Waals surface area contributed by atoms with Crippen molar-refractivity contribution >= 4 is 0 Å². The van der Waals surface area contributed by atoms with Gasteiger partial charge in [0.05, 0.1) is 6.61 Å². The molecule has 0 amide bonds. The first-order valence-electron chi connectivity index (χ1n) is 5.98. The van der Waals surface area contributed by atoms with Crippen LogP contribution in [0.1, 0.15) is 50.9 Å². The number of rotatable bonds is 3. The van der Waals surface area contributed by atoms with E-state index < -0.39 is 0 Å². The molecule has 1 saturated carbocycles. The lowest BCUT2D eigenvalue weighted by molar-refractivity contribution is 0.195. The maximum absolute atomic E-state index is 9.27. The molecule has 1 aromatic rings. The lowest BCUT2D eigenvalue weighted by Crippen LogP contribution is -2.40. The molecule has 0 bridgehead atoms. The maximum atomic E-state index is 9.27. The fourth-order valence-corrected chi connectivity index (χ4v) is 2.59. The van der Waals surface area contributed by atoms with Gasteiger partial charge in [-0.15, -0.1) is 0 Å². The summed E-state index contributed by atoms with van der Waals surface area (Å²) in [6.07, 6.45) is 6.66. The topological polar surface area (TPSA) is 64.1 Å². The van der Waals surface area contributed by atoms with Crippen molar-refractivity contribution in [2.24, 2.45) is 5.73 Å². The Balaban J connectivity index is 2.17. The molecule has 1 aromatic heterocycles. The van der Waals surface area contributed by atoms with Crippen molar-refractivity contribution in [3.63, 3.8) is 0 Å². The van der Waals surface area contributed by atoms with Crippen LogP contribution in [-0.4, -0.2) is 26.8 Å². The summed E-state index contributed by atoms with van der Waals surface area (Å²) < 4.78 is 2.23. The Kier molecular flexibility index (Phi) is 3.04. The van der Waals surface area contributed by atoms with Crippen molar-refractivity contribution < 1.29 is 5.11 Å². The maximum Gasteiger partial charge on any atom is 0.111 e. The number of hydrogen-bond donors (Lipinski definition) is 2. The van der Waals surface area contributed by atoms with Crippen LogP contribution in [0.4, 0.5) is 0 Å².